The zero-order valence-corrected chi connectivity index (χ0v) is 79.1. The van der Waals surface area contributed by atoms with Gasteiger partial charge >= 0.3 is 41.8 Å². The fourth-order valence-corrected chi connectivity index (χ4v) is 12.4. The Labute approximate surface area is 728 Å². The fourth-order valence-electron chi connectivity index (χ4n) is 12.4. The molecule has 4 aromatic carbocycles. The smallest absolute Gasteiger partial charge is 0.313 e. The maximum absolute atomic E-state index is 12.0. The van der Waals surface area contributed by atoms with Gasteiger partial charge in [-0.15, -0.1) is 0 Å². The van der Waals surface area contributed by atoms with Crippen LogP contribution in [0, 0.1) is 61.6 Å². The van der Waals surface area contributed by atoms with E-state index in [2.05, 4.69) is 41.1 Å². The molecule has 0 aliphatic heterocycles. The molecule has 0 aromatic heterocycles. The standard InChI is InChI=1S/C27H30O4.C17H28O3.C15H22O3.C13H24O3.C10H20O3.C9H18O3.C8H16O3/c1-4-27(2,3)26(28)31-20-29-18-19-30-25-23(21-12-7-5-8-13-21)16-11-17-24(25)22-14-9-6-10-15-22;1-4-17(2,3)16(18)20-10-19-15-9-11-8-14(15)13-7-5-6-12(11)13;1-5-15(3,4)14(16)18-11-17-12(2)13-9-7-6-8-10-13;1-4-13(2,3)12(14)16-10-15-11-8-6-5-7-9-11;1-6-10(4,5)9(11)13-7-12-8(2)3;1-5-9(3,4)8(10)12-7-11-6-2;1-5-8(2,3)7(9)11-6-10-4/h5-17H,4,18-20H2,1-3H3;11-15H,4-10H2,1-3H3;6-10,12H,5,11H2,1-4H3;11H,4-10H2,1-3H3;8H,6-7H2,1-5H3;5-7H2,1-4H3;5-6H2,1-4H3. The SMILES string of the molecule is CCC(C)(C)C(=O)OCOC.CCC(C)(C)C(=O)OCOC(C)C.CCC(C)(C)C(=O)OCOC(C)c1ccccc1.CCC(C)(C)C(=O)OCOC1CC2CC1C1CCCC21.CCC(C)(C)C(=O)OCOC1CCCCC1.CCC(C)(C)C(=O)OCOCCOc1c(-c2ccccc2)cccc1-c1ccccc1.CCOCOC(=O)C(C)(C)CC. The van der Waals surface area contributed by atoms with Crippen molar-refractivity contribution in [2.75, 3.05) is 74.5 Å². The first-order valence-corrected chi connectivity index (χ1v) is 44.3. The number of benzene rings is 4. The molecule has 22 heteroatoms. The van der Waals surface area contributed by atoms with Gasteiger partial charge in [-0.1, -0.05) is 183 Å². The number of ether oxygens (including phenoxy) is 15. The predicted octanol–water partition coefficient (Wildman–Crippen LogP) is 23.0. The van der Waals surface area contributed by atoms with Crippen molar-refractivity contribution in [1.82, 2.24) is 0 Å². The van der Waals surface area contributed by atoms with Crippen molar-refractivity contribution < 1.29 is 105 Å². The predicted molar refractivity (Wildman–Crippen MR) is 475 cm³/mol. The van der Waals surface area contributed by atoms with Gasteiger partial charge in [0.25, 0.3) is 0 Å². The van der Waals surface area contributed by atoms with Crippen LogP contribution < -0.4 is 4.74 Å². The molecule has 0 N–H and O–H groups in total. The minimum atomic E-state index is -0.501. The van der Waals surface area contributed by atoms with E-state index in [9.17, 15) is 33.6 Å². The Morgan fingerprint density at radius 2 is 0.719 bits per heavy atom. The minimum Gasteiger partial charge on any atom is -0.490 e. The summed E-state index contributed by atoms with van der Waals surface area (Å²) in [6.45, 7) is 49.3. The second-order valence-corrected chi connectivity index (χ2v) is 36.2. The van der Waals surface area contributed by atoms with Crippen LogP contribution in [0.2, 0.25) is 0 Å². The third kappa shape index (κ3) is 40.0. The Bertz CT molecular complexity index is 3480. The van der Waals surface area contributed by atoms with E-state index >= 15 is 0 Å². The lowest BCUT2D eigenvalue weighted by atomic mass is 9.80. The molecule has 8 rings (SSSR count). The number of rotatable bonds is 40. The van der Waals surface area contributed by atoms with Gasteiger partial charge in [0.05, 0.1) is 68.9 Å². The molecule has 4 aliphatic rings. The van der Waals surface area contributed by atoms with Gasteiger partial charge < -0.3 is 71.1 Å². The second kappa shape index (κ2) is 56.5. The molecule has 0 spiro atoms. The third-order valence-electron chi connectivity index (χ3n) is 24.0. The van der Waals surface area contributed by atoms with Crippen molar-refractivity contribution in [3.05, 3.63) is 115 Å². The summed E-state index contributed by atoms with van der Waals surface area (Å²) in [5.74, 6) is 2.96. The average Bonchev–Trinajstić information content (AvgIpc) is 1.61. The molecular formula is C99H158O22. The molecule has 22 nitrogen and oxygen atoms in total. The van der Waals surface area contributed by atoms with Crippen LogP contribution in [0.3, 0.4) is 0 Å². The maximum atomic E-state index is 12.0. The van der Waals surface area contributed by atoms with Gasteiger partial charge in [0.15, 0.2) is 47.6 Å². The molecule has 0 saturated heterocycles. The molecule has 686 valence electrons. The van der Waals surface area contributed by atoms with E-state index in [1.807, 2.05) is 246 Å². The van der Waals surface area contributed by atoms with Crippen molar-refractivity contribution in [3.8, 4) is 28.0 Å². The molecular weight excluding hydrogens is 1540 g/mol. The lowest BCUT2D eigenvalue weighted by molar-refractivity contribution is -0.175. The summed E-state index contributed by atoms with van der Waals surface area (Å²) >= 11 is 0. The first kappa shape index (κ1) is 110. The van der Waals surface area contributed by atoms with E-state index in [0.29, 0.717) is 38.4 Å². The van der Waals surface area contributed by atoms with Crippen molar-refractivity contribution in [1.29, 1.82) is 0 Å². The van der Waals surface area contributed by atoms with Crippen molar-refractivity contribution in [2.45, 2.75) is 307 Å². The molecule has 6 unspecified atom stereocenters. The summed E-state index contributed by atoms with van der Waals surface area (Å²) in [5, 5.41) is 0. The fraction of sp³-hybridized carbons (Fsp3) is 0.687. The summed E-state index contributed by atoms with van der Waals surface area (Å²) in [5.41, 5.74) is 2.39. The number of hydrogen-bond acceptors (Lipinski definition) is 22. The topological polar surface area (TPSA) is 258 Å². The molecule has 0 radical (unpaired) electrons. The lowest BCUT2D eigenvalue weighted by Crippen LogP contribution is -2.32. The average molecular weight is 1700 g/mol. The van der Waals surface area contributed by atoms with E-state index in [-0.39, 0.29) is 102 Å². The van der Waals surface area contributed by atoms with Crippen molar-refractivity contribution in [2.24, 2.45) is 61.6 Å². The van der Waals surface area contributed by atoms with Gasteiger partial charge in [0.2, 0.25) is 0 Å². The number of fused-ring (bicyclic) bond motifs is 5. The zero-order valence-electron chi connectivity index (χ0n) is 79.1. The van der Waals surface area contributed by atoms with Gasteiger partial charge in [0.1, 0.15) is 12.4 Å². The Kier molecular flexibility index (Phi) is 51.3. The van der Waals surface area contributed by atoms with Gasteiger partial charge in [-0.3, -0.25) is 33.6 Å². The van der Waals surface area contributed by atoms with Crippen LogP contribution in [-0.2, 0) is 99.9 Å². The van der Waals surface area contributed by atoms with Gasteiger partial charge in [-0.2, -0.15) is 0 Å². The van der Waals surface area contributed by atoms with Crippen molar-refractivity contribution in [3.63, 3.8) is 0 Å². The normalized spacial score (nSPS) is 17.1. The highest BCUT2D eigenvalue weighted by molar-refractivity contribution is 5.83. The molecule has 121 heavy (non-hydrogen) atoms. The highest BCUT2D eigenvalue weighted by Gasteiger charge is 2.54. The van der Waals surface area contributed by atoms with Gasteiger partial charge in [0, 0.05) is 24.8 Å². The molecule has 6 atom stereocenters. The minimum absolute atomic E-state index is 0.00166. The second-order valence-electron chi connectivity index (χ2n) is 36.2. The number of hydrogen-bond donors (Lipinski definition) is 0. The number of para-hydroxylation sites is 1. The zero-order chi connectivity index (χ0) is 91.1. The molecule has 2 bridgehead atoms. The van der Waals surface area contributed by atoms with Crippen LogP contribution in [0.1, 0.15) is 294 Å². The monoisotopic (exact) mass is 1700 g/mol. The first-order valence-electron chi connectivity index (χ1n) is 44.3. The summed E-state index contributed by atoms with van der Waals surface area (Å²) < 4.78 is 78.7. The summed E-state index contributed by atoms with van der Waals surface area (Å²) in [4.78, 5) is 81.1. The summed E-state index contributed by atoms with van der Waals surface area (Å²) in [7, 11) is 1.49. The summed E-state index contributed by atoms with van der Waals surface area (Å²) in [6, 6.07) is 36.4. The quantitative estimate of drug-likeness (QED) is 0.0173. The number of carbonyl (C=O) groups is 7. The van der Waals surface area contributed by atoms with E-state index in [0.717, 1.165) is 109 Å². The molecule has 4 aliphatic carbocycles. The highest BCUT2D eigenvalue weighted by Crippen LogP contribution is 2.59. The van der Waals surface area contributed by atoms with Gasteiger partial charge in [-0.25, -0.2) is 0 Å². The molecule has 0 heterocycles. The highest BCUT2D eigenvalue weighted by atomic mass is 16.7. The largest absolute Gasteiger partial charge is 0.490 e. The van der Waals surface area contributed by atoms with Crippen LogP contribution >= 0.6 is 0 Å². The van der Waals surface area contributed by atoms with Crippen LogP contribution in [-0.4, -0.2) is 135 Å². The maximum Gasteiger partial charge on any atom is 0.313 e. The number of methoxy groups -OCH3 is 1. The van der Waals surface area contributed by atoms with Crippen LogP contribution in [0.4, 0.5) is 0 Å². The number of esters is 7. The Morgan fingerprint density at radius 3 is 1.12 bits per heavy atom. The Balaban J connectivity index is 0.000000494. The van der Waals surface area contributed by atoms with Crippen LogP contribution in [0.15, 0.2) is 109 Å². The van der Waals surface area contributed by atoms with E-state index < -0.39 is 37.9 Å². The third-order valence-corrected chi connectivity index (χ3v) is 24.0. The number of carbonyl (C=O) groups excluding carboxylic acids is 7. The van der Waals surface area contributed by atoms with E-state index in [1.54, 1.807) is 0 Å². The summed E-state index contributed by atoms with van der Waals surface area (Å²) in [6.07, 6.45) is 18.8. The molecule has 4 fully saturated rings. The first-order chi connectivity index (χ1) is 57.1. The van der Waals surface area contributed by atoms with Crippen LogP contribution in [0.25, 0.3) is 22.3 Å². The van der Waals surface area contributed by atoms with E-state index in [1.165, 1.54) is 58.5 Å². The van der Waals surface area contributed by atoms with Crippen molar-refractivity contribution >= 4 is 41.8 Å². The molecule has 0 amide bonds. The molecule has 4 saturated carbocycles. The van der Waals surface area contributed by atoms with E-state index in [4.69, 9.17) is 66.3 Å². The molecule has 4 aromatic rings. The van der Waals surface area contributed by atoms with Crippen LogP contribution in [0.5, 0.6) is 5.75 Å². The van der Waals surface area contributed by atoms with Gasteiger partial charge in [-0.05, 0) is 248 Å². The lowest BCUT2D eigenvalue weighted by Gasteiger charge is -2.31. The Hall–Kier alpha value is -7.31. The Morgan fingerprint density at radius 1 is 0.355 bits per heavy atom.